The van der Waals surface area contributed by atoms with Gasteiger partial charge in [0.1, 0.15) is 5.82 Å². The van der Waals surface area contributed by atoms with E-state index < -0.39 is 17.6 Å². The van der Waals surface area contributed by atoms with E-state index in [1.807, 2.05) is 13.8 Å². The summed E-state index contributed by atoms with van der Waals surface area (Å²) in [5.41, 5.74) is 0.0822. The second-order valence-electron chi connectivity index (χ2n) is 4.28. The molecular weight excluding hydrogens is 209 g/mol. The minimum absolute atomic E-state index is 0.0897. The van der Waals surface area contributed by atoms with Crippen molar-refractivity contribution in [2.45, 2.75) is 13.8 Å². The molecule has 0 unspecified atom stereocenters. The lowest BCUT2D eigenvalue weighted by Crippen LogP contribution is -2.33. The van der Waals surface area contributed by atoms with Crippen molar-refractivity contribution < 1.29 is 14.0 Å². The van der Waals surface area contributed by atoms with Crippen LogP contribution in [0.2, 0.25) is 0 Å². The lowest BCUT2D eigenvalue weighted by molar-refractivity contribution is 0.0635. The summed E-state index contributed by atoms with van der Waals surface area (Å²) < 4.78 is 13.4. The maximum absolute atomic E-state index is 13.4. The molecule has 0 bridgehead atoms. The molecule has 1 aromatic rings. The maximum atomic E-state index is 13.4. The fourth-order valence-corrected chi connectivity index (χ4v) is 1.82. The summed E-state index contributed by atoms with van der Waals surface area (Å²) in [6.07, 6.45) is 0. The van der Waals surface area contributed by atoms with Gasteiger partial charge in [0.15, 0.2) is 0 Å². The molecule has 3 nitrogen and oxygen atoms in total. The molecule has 0 N–H and O–H groups in total. The van der Waals surface area contributed by atoms with E-state index in [0.717, 1.165) is 4.90 Å². The number of carbonyl (C=O) groups is 2. The Kier molecular flexibility index (Phi) is 2.50. The fourth-order valence-electron chi connectivity index (χ4n) is 1.82. The summed E-state index contributed by atoms with van der Waals surface area (Å²) in [7, 11) is 0. The van der Waals surface area contributed by atoms with Crippen LogP contribution < -0.4 is 0 Å². The van der Waals surface area contributed by atoms with Crippen LogP contribution in [0, 0.1) is 11.7 Å². The molecule has 0 atom stereocenters. The molecule has 0 aromatic heterocycles. The Bertz CT molecular complexity index is 468. The zero-order valence-electron chi connectivity index (χ0n) is 9.16. The van der Waals surface area contributed by atoms with Crippen LogP contribution in [-0.4, -0.2) is 23.3 Å². The molecule has 1 aromatic carbocycles. The van der Waals surface area contributed by atoms with Gasteiger partial charge in [-0.05, 0) is 18.1 Å². The summed E-state index contributed by atoms with van der Waals surface area (Å²) in [5, 5.41) is 0. The van der Waals surface area contributed by atoms with Gasteiger partial charge in [0.2, 0.25) is 0 Å². The van der Waals surface area contributed by atoms with E-state index in [9.17, 15) is 14.0 Å². The Hall–Kier alpha value is -1.71. The third-order valence-electron chi connectivity index (χ3n) is 2.50. The van der Waals surface area contributed by atoms with E-state index in [1.54, 1.807) is 0 Å². The predicted octanol–water partition coefficient (Wildman–Crippen LogP) is 2.08. The molecule has 0 saturated carbocycles. The molecule has 1 aliphatic rings. The van der Waals surface area contributed by atoms with E-state index in [1.165, 1.54) is 18.2 Å². The van der Waals surface area contributed by atoms with Crippen molar-refractivity contribution in [3.63, 3.8) is 0 Å². The third kappa shape index (κ3) is 1.50. The van der Waals surface area contributed by atoms with Crippen molar-refractivity contribution in [3.05, 3.63) is 35.1 Å². The van der Waals surface area contributed by atoms with Crippen LogP contribution >= 0.6 is 0 Å². The van der Waals surface area contributed by atoms with Gasteiger partial charge in [0.05, 0.1) is 11.1 Å². The highest BCUT2D eigenvalue weighted by atomic mass is 19.1. The molecular formula is C12H12FNO2. The van der Waals surface area contributed by atoms with Gasteiger partial charge in [0.25, 0.3) is 11.8 Å². The van der Waals surface area contributed by atoms with Gasteiger partial charge in [0, 0.05) is 6.54 Å². The number of hydrogen-bond acceptors (Lipinski definition) is 2. The molecule has 1 heterocycles. The van der Waals surface area contributed by atoms with Crippen molar-refractivity contribution in [1.29, 1.82) is 0 Å². The van der Waals surface area contributed by atoms with Crippen molar-refractivity contribution in [1.82, 2.24) is 4.90 Å². The number of nitrogens with zero attached hydrogens (tertiary/aromatic N) is 1. The molecule has 0 saturated heterocycles. The van der Waals surface area contributed by atoms with Crippen LogP contribution in [0.4, 0.5) is 4.39 Å². The monoisotopic (exact) mass is 221 g/mol. The first kappa shape index (κ1) is 10.8. The van der Waals surface area contributed by atoms with Gasteiger partial charge < -0.3 is 0 Å². The average Bonchev–Trinajstić information content (AvgIpc) is 2.44. The molecule has 4 heteroatoms. The van der Waals surface area contributed by atoms with Crippen LogP contribution in [0.1, 0.15) is 34.6 Å². The number of hydrogen-bond donors (Lipinski definition) is 0. The minimum atomic E-state index is -0.623. The van der Waals surface area contributed by atoms with Crippen molar-refractivity contribution >= 4 is 11.8 Å². The van der Waals surface area contributed by atoms with E-state index in [2.05, 4.69) is 0 Å². The summed E-state index contributed by atoms with van der Waals surface area (Å²) in [6.45, 7) is 4.13. The molecule has 0 aliphatic carbocycles. The third-order valence-corrected chi connectivity index (χ3v) is 2.50. The van der Waals surface area contributed by atoms with Gasteiger partial charge in [-0.2, -0.15) is 0 Å². The first-order valence-electron chi connectivity index (χ1n) is 5.17. The summed E-state index contributed by atoms with van der Waals surface area (Å²) in [4.78, 5) is 24.8. The van der Waals surface area contributed by atoms with Gasteiger partial charge in [-0.1, -0.05) is 19.9 Å². The van der Waals surface area contributed by atoms with Crippen molar-refractivity contribution in [2.24, 2.45) is 5.92 Å². The molecule has 2 amide bonds. The number of halogens is 1. The number of imide groups is 1. The summed E-state index contributed by atoms with van der Waals surface area (Å²) >= 11 is 0. The molecule has 0 fully saturated rings. The lowest BCUT2D eigenvalue weighted by Gasteiger charge is -2.15. The smallest absolute Gasteiger partial charge is 0.264 e. The van der Waals surface area contributed by atoms with Crippen LogP contribution in [0.15, 0.2) is 18.2 Å². The molecule has 84 valence electrons. The Labute approximate surface area is 92.9 Å². The summed E-state index contributed by atoms with van der Waals surface area (Å²) in [5.74, 6) is -1.37. The Morgan fingerprint density at radius 3 is 2.50 bits per heavy atom. The molecule has 0 radical (unpaired) electrons. The Morgan fingerprint density at radius 2 is 1.94 bits per heavy atom. The largest absolute Gasteiger partial charge is 0.274 e. The van der Waals surface area contributed by atoms with Crippen molar-refractivity contribution in [3.8, 4) is 0 Å². The lowest BCUT2D eigenvalue weighted by atomic mass is 10.1. The molecule has 2 rings (SSSR count). The molecule has 1 aliphatic heterocycles. The van der Waals surface area contributed by atoms with Gasteiger partial charge in [-0.3, -0.25) is 14.5 Å². The fraction of sp³-hybridized carbons (Fsp3) is 0.333. The highest BCUT2D eigenvalue weighted by Gasteiger charge is 2.37. The topological polar surface area (TPSA) is 37.4 Å². The van der Waals surface area contributed by atoms with E-state index >= 15 is 0 Å². The highest BCUT2D eigenvalue weighted by Crippen LogP contribution is 2.25. The normalized spacial score (nSPS) is 14.9. The molecule has 0 spiro atoms. The minimum Gasteiger partial charge on any atom is -0.274 e. The quantitative estimate of drug-likeness (QED) is 0.717. The number of amides is 2. The van der Waals surface area contributed by atoms with Gasteiger partial charge in [-0.15, -0.1) is 0 Å². The van der Waals surface area contributed by atoms with Crippen LogP contribution in [0.5, 0.6) is 0 Å². The van der Waals surface area contributed by atoms with Crippen molar-refractivity contribution in [2.75, 3.05) is 6.54 Å². The Morgan fingerprint density at radius 1 is 1.25 bits per heavy atom. The second kappa shape index (κ2) is 3.70. The Balaban J connectivity index is 2.45. The van der Waals surface area contributed by atoms with Crippen LogP contribution in [-0.2, 0) is 0 Å². The number of fused-ring (bicyclic) bond motifs is 1. The number of carbonyl (C=O) groups excluding carboxylic acids is 2. The maximum Gasteiger partial charge on any atom is 0.264 e. The van der Waals surface area contributed by atoms with Crippen LogP contribution in [0.3, 0.4) is 0 Å². The molecule has 16 heavy (non-hydrogen) atoms. The summed E-state index contributed by atoms with van der Waals surface area (Å²) in [6, 6.07) is 4.13. The first-order valence-corrected chi connectivity index (χ1v) is 5.17. The first-order chi connectivity index (χ1) is 7.52. The second-order valence-corrected chi connectivity index (χ2v) is 4.28. The SMILES string of the molecule is CC(C)CN1C(=O)c2cccc(F)c2C1=O. The highest BCUT2D eigenvalue weighted by molar-refractivity contribution is 6.21. The van der Waals surface area contributed by atoms with E-state index in [0.29, 0.717) is 6.54 Å². The van der Waals surface area contributed by atoms with Gasteiger partial charge in [-0.25, -0.2) is 4.39 Å². The van der Waals surface area contributed by atoms with E-state index in [4.69, 9.17) is 0 Å². The van der Waals surface area contributed by atoms with Crippen LogP contribution in [0.25, 0.3) is 0 Å². The standard InChI is InChI=1S/C12H12FNO2/c1-7(2)6-14-11(15)8-4-3-5-9(13)10(8)12(14)16/h3-5,7H,6H2,1-2H3. The number of rotatable bonds is 2. The predicted molar refractivity (Wildman–Crippen MR) is 56.6 cm³/mol. The van der Waals surface area contributed by atoms with Gasteiger partial charge >= 0.3 is 0 Å². The van der Waals surface area contributed by atoms with E-state index in [-0.39, 0.29) is 17.0 Å². The number of benzene rings is 1. The zero-order chi connectivity index (χ0) is 11.9. The zero-order valence-corrected chi connectivity index (χ0v) is 9.16. The average molecular weight is 221 g/mol.